The summed E-state index contributed by atoms with van der Waals surface area (Å²) < 4.78 is 0. The summed E-state index contributed by atoms with van der Waals surface area (Å²) in [5, 5.41) is 0. The van der Waals surface area contributed by atoms with E-state index in [0.29, 0.717) is 17.2 Å². The molecule has 0 spiro atoms. The third kappa shape index (κ3) is 3.15. The number of nitrogens with zero attached hydrogens (tertiary/aromatic N) is 2. The van der Waals surface area contributed by atoms with E-state index in [9.17, 15) is 0 Å². The molecular weight excluding hydrogens is 248 g/mol. The molecule has 2 rings (SSSR count). The van der Waals surface area contributed by atoms with Crippen LogP contribution in [0.25, 0.3) is 12.2 Å². The van der Waals surface area contributed by atoms with Crippen LogP contribution in [0.5, 0.6) is 0 Å². The normalized spacial score (nSPS) is 11.9. The second-order valence-electron chi connectivity index (χ2n) is 5.76. The highest BCUT2D eigenvalue weighted by molar-refractivity contribution is 5.79. The van der Waals surface area contributed by atoms with Gasteiger partial charge in [-0.3, -0.25) is 0 Å². The van der Waals surface area contributed by atoms with Crippen LogP contribution in [0.4, 0.5) is 11.6 Å². The van der Waals surface area contributed by atoms with Gasteiger partial charge in [0.1, 0.15) is 18.0 Å². The van der Waals surface area contributed by atoms with Gasteiger partial charge in [0.2, 0.25) is 0 Å². The summed E-state index contributed by atoms with van der Waals surface area (Å²) in [7, 11) is 0. The fourth-order valence-corrected chi connectivity index (χ4v) is 1.87. The van der Waals surface area contributed by atoms with Crippen LogP contribution in [0, 0.1) is 0 Å². The molecule has 4 heteroatoms. The zero-order valence-electron chi connectivity index (χ0n) is 12.1. The Kier molecular flexibility index (Phi) is 3.74. The third-order valence-corrected chi connectivity index (χ3v) is 3.16. The first kappa shape index (κ1) is 14.1. The van der Waals surface area contributed by atoms with Crippen LogP contribution in [0.3, 0.4) is 0 Å². The molecule has 0 radical (unpaired) electrons. The van der Waals surface area contributed by atoms with Gasteiger partial charge in [0.25, 0.3) is 0 Å². The van der Waals surface area contributed by atoms with Crippen molar-refractivity contribution in [2.45, 2.75) is 26.2 Å². The van der Waals surface area contributed by atoms with E-state index in [4.69, 9.17) is 11.5 Å². The van der Waals surface area contributed by atoms with Crippen LogP contribution in [-0.2, 0) is 5.41 Å². The molecule has 4 N–H and O–H groups in total. The van der Waals surface area contributed by atoms with Crippen molar-refractivity contribution < 1.29 is 0 Å². The summed E-state index contributed by atoms with van der Waals surface area (Å²) in [5.41, 5.74) is 14.8. The van der Waals surface area contributed by atoms with E-state index in [-0.39, 0.29) is 5.41 Å². The molecule has 20 heavy (non-hydrogen) atoms. The third-order valence-electron chi connectivity index (χ3n) is 3.16. The van der Waals surface area contributed by atoms with Gasteiger partial charge in [0, 0.05) is 0 Å². The first-order valence-corrected chi connectivity index (χ1v) is 6.52. The molecule has 0 aliphatic heterocycles. The van der Waals surface area contributed by atoms with Gasteiger partial charge in [-0.2, -0.15) is 0 Å². The minimum atomic E-state index is 0.157. The van der Waals surface area contributed by atoms with Gasteiger partial charge >= 0.3 is 0 Å². The highest BCUT2D eigenvalue weighted by atomic mass is 15.0. The second kappa shape index (κ2) is 5.33. The number of rotatable bonds is 2. The predicted molar refractivity (Wildman–Crippen MR) is 84.9 cm³/mol. The van der Waals surface area contributed by atoms with Gasteiger partial charge in [-0.15, -0.1) is 0 Å². The largest absolute Gasteiger partial charge is 0.383 e. The fourth-order valence-electron chi connectivity index (χ4n) is 1.87. The van der Waals surface area contributed by atoms with Crippen LogP contribution < -0.4 is 11.5 Å². The average molecular weight is 268 g/mol. The lowest BCUT2D eigenvalue weighted by molar-refractivity contribution is 0.590. The summed E-state index contributed by atoms with van der Waals surface area (Å²) >= 11 is 0. The van der Waals surface area contributed by atoms with Gasteiger partial charge in [-0.25, -0.2) is 9.97 Å². The molecule has 0 aliphatic carbocycles. The lowest BCUT2D eigenvalue weighted by atomic mass is 9.87. The highest BCUT2D eigenvalue weighted by Crippen LogP contribution is 2.23. The number of hydrogen-bond acceptors (Lipinski definition) is 4. The molecule has 0 saturated carbocycles. The number of nitrogens with two attached hydrogens (primary N) is 2. The summed E-state index contributed by atoms with van der Waals surface area (Å²) in [6, 6.07) is 8.42. The Balaban J connectivity index is 2.24. The van der Waals surface area contributed by atoms with Crippen LogP contribution >= 0.6 is 0 Å². The van der Waals surface area contributed by atoms with Crippen molar-refractivity contribution in [3.8, 4) is 0 Å². The molecule has 0 bridgehead atoms. The van der Waals surface area contributed by atoms with E-state index in [2.05, 4.69) is 55.0 Å². The van der Waals surface area contributed by atoms with Crippen molar-refractivity contribution in [3.05, 3.63) is 47.3 Å². The average Bonchev–Trinajstić information content (AvgIpc) is 2.37. The maximum atomic E-state index is 5.78. The minimum absolute atomic E-state index is 0.157. The van der Waals surface area contributed by atoms with Gasteiger partial charge < -0.3 is 11.5 Å². The quantitative estimate of drug-likeness (QED) is 0.877. The molecule has 0 atom stereocenters. The molecule has 0 aliphatic rings. The van der Waals surface area contributed by atoms with Gasteiger partial charge in [0.05, 0.1) is 5.56 Å². The Morgan fingerprint density at radius 3 is 1.95 bits per heavy atom. The van der Waals surface area contributed by atoms with Crippen molar-refractivity contribution in [1.82, 2.24) is 9.97 Å². The molecule has 1 heterocycles. The minimum Gasteiger partial charge on any atom is -0.383 e. The van der Waals surface area contributed by atoms with Gasteiger partial charge in [0.15, 0.2) is 0 Å². The van der Waals surface area contributed by atoms with Crippen LogP contribution in [0.15, 0.2) is 30.6 Å². The Morgan fingerprint density at radius 2 is 1.45 bits per heavy atom. The monoisotopic (exact) mass is 268 g/mol. The first-order chi connectivity index (χ1) is 9.38. The number of nitrogen functional groups attached to an aromatic ring is 2. The molecule has 1 aromatic heterocycles. The van der Waals surface area contributed by atoms with E-state index in [1.54, 1.807) is 0 Å². The Morgan fingerprint density at radius 1 is 0.900 bits per heavy atom. The Labute approximate surface area is 119 Å². The van der Waals surface area contributed by atoms with E-state index in [1.807, 2.05) is 12.2 Å². The molecule has 2 aromatic rings. The summed E-state index contributed by atoms with van der Waals surface area (Å²) in [4.78, 5) is 7.87. The summed E-state index contributed by atoms with van der Waals surface area (Å²) in [6.07, 6.45) is 5.16. The van der Waals surface area contributed by atoms with Crippen molar-refractivity contribution >= 4 is 23.8 Å². The molecule has 0 saturated heterocycles. The second-order valence-corrected chi connectivity index (χ2v) is 5.76. The number of hydrogen-bond donors (Lipinski definition) is 2. The number of anilines is 2. The molecule has 0 amide bonds. The van der Waals surface area contributed by atoms with E-state index in [1.165, 1.54) is 11.9 Å². The fraction of sp³-hybridized carbons (Fsp3) is 0.250. The van der Waals surface area contributed by atoms with Crippen LogP contribution in [0.2, 0.25) is 0 Å². The maximum absolute atomic E-state index is 5.78. The van der Waals surface area contributed by atoms with E-state index < -0.39 is 0 Å². The number of aromatic nitrogens is 2. The van der Waals surface area contributed by atoms with Crippen molar-refractivity contribution in [3.63, 3.8) is 0 Å². The predicted octanol–water partition coefficient (Wildman–Crippen LogP) is 3.11. The molecule has 104 valence electrons. The maximum Gasteiger partial charge on any atom is 0.136 e. The van der Waals surface area contributed by atoms with Gasteiger partial charge in [-0.1, -0.05) is 51.1 Å². The Bertz CT molecular complexity index is 602. The van der Waals surface area contributed by atoms with Crippen molar-refractivity contribution in [2.75, 3.05) is 11.5 Å². The highest BCUT2D eigenvalue weighted by Gasteiger charge is 2.12. The zero-order valence-corrected chi connectivity index (χ0v) is 12.1. The van der Waals surface area contributed by atoms with E-state index >= 15 is 0 Å². The Hall–Kier alpha value is -2.36. The smallest absolute Gasteiger partial charge is 0.136 e. The lowest BCUT2D eigenvalue weighted by Gasteiger charge is -2.18. The molecule has 4 nitrogen and oxygen atoms in total. The standard InChI is InChI=1S/C16H20N4/c1-16(2,3)12-7-4-11(5-8-12)6-9-13-14(17)19-10-20-15(13)18/h4-10H,1-3H3,(H4,17,18,19,20)/b9-6+. The summed E-state index contributed by atoms with van der Waals surface area (Å²) in [5.74, 6) is 0.778. The number of benzene rings is 1. The summed E-state index contributed by atoms with van der Waals surface area (Å²) in [6.45, 7) is 6.58. The first-order valence-electron chi connectivity index (χ1n) is 6.52. The molecule has 1 aromatic carbocycles. The van der Waals surface area contributed by atoms with E-state index in [0.717, 1.165) is 5.56 Å². The van der Waals surface area contributed by atoms with Crippen molar-refractivity contribution in [1.29, 1.82) is 0 Å². The lowest BCUT2D eigenvalue weighted by Crippen LogP contribution is -2.10. The molecule has 0 fully saturated rings. The van der Waals surface area contributed by atoms with Crippen LogP contribution in [0.1, 0.15) is 37.5 Å². The SMILES string of the molecule is CC(C)(C)c1ccc(/C=C/c2c(N)ncnc2N)cc1. The van der Waals surface area contributed by atoms with Crippen LogP contribution in [-0.4, -0.2) is 9.97 Å². The molecular formula is C16H20N4. The zero-order chi connectivity index (χ0) is 14.8. The van der Waals surface area contributed by atoms with Gasteiger partial charge in [-0.05, 0) is 22.6 Å². The molecule has 0 unspecified atom stereocenters. The topological polar surface area (TPSA) is 77.8 Å². The van der Waals surface area contributed by atoms with Crippen molar-refractivity contribution in [2.24, 2.45) is 0 Å².